The fourth-order valence-electron chi connectivity index (χ4n) is 14.1. The van der Waals surface area contributed by atoms with Gasteiger partial charge in [-0.1, -0.05) is 155 Å². The van der Waals surface area contributed by atoms with Gasteiger partial charge in [-0.05, 0) is 96.9 Å². The molecule has 0 aliphatic carbocycles. The van der Waals surface area contributed by atoms with Crippen LogP contribution in [0.5, 0.6) is 0 Å². The quantitative estimate of drug-likeness (QED) is 0.111. The Kier molecular flexibility index (Phi) is 17.1. The van der Waals surface area contributed by atoms with Crippen molar-refractivity contribution in [2.75, 3.05) is 0 Å². The molecule has 0 aliphatic heterocycles. The molecule has 16 heteroatoms. The SMILES string of the molecule is Cc1c(C)c2cn3ccnc3c3[c-]ccc1c23.[Ir].[Ir].[Ir].[Ir].[Ir].[c-]1c2cccc3ccc(c4ccn5c6ccccc6nc5c14)c23.[c-]1ccc2ccc3cn4c5ccccc5nc4c1c23.[c-]1ccc2ccc3cn4ccnc4c1c23.[c-]1cccc2ccn3c4cnccc4nc3c12. The monoisotopic (exact) mass is 2130 g/mol. The molecule has 11 aromatic heterocycles. The Balaban J connectivity index is 0.000000103. The van der Waals surface area contributed by atoms with Crippen molar-refractivity contribution in [1.29, 1.82) is 0 Å². The van der Waals surface area contributed by atoms with Crippen LogP contribution in [0.4, 0.5) is 0 Å². The van der Waals surface area contributed by atoms with Crippen LogP contribution in [-0.2, 0) is 101 Å². The van der Waals surface area contributed by atoms with Gasteiger partial charge in [0.2, 0.25) is 0 Å². The van der Waals surface area contributed by atoms with Gasteiger partial charge in [0.05, 0.1) is 67.5 Å². The molecule has 0 spiro atoms. The maximum absolute atomic E-state index is 4.85. The summed E-state index contributed by atoms with van der Waals surface area (Å²) in [6, 6.07) is 77.2. The first-order valence-corrected chi connectivity index (χ1v) is 30.2. The smallest absolute Gasteiger partial charge is 0.0817 e. The second kappa shape index (κ2) is 25.5. The van der Waals surface area contributed by atoms with Crippen molar-refractivity contribution < 1.29 is 101 Å². The molecule has 11 heterocycles. The minimum Gasteiger partial charge on any atom is -0.347 e. The van der Waals surface area contributed by atoms with Crippen molar-refractivity contribution in [3.63, 3.8) is 0 Å². The van der Waals surface area contributed by atoms with Gasteiger partial charge in [-0.15, -0.1) is 118 Å². The van der Waals surface area contributed by atoms with E-state index in [9.17, 15) is 0 Å². The second-order valence-corrected chi connectivity index (χ2v) is 23.3. The molecule has 11 nitrogen and oxygen atoms in total. The number of pyridine rings is 6. The van der Waals surface area contributed by atoms with Gasteiger partial charge in [-0.3, -0.25) is 29.9 Å². The molecule has 12 aromatic carbocycles. The average molecular weight is 2120 g/mol. The molecule has 96 heavy (non-hydrogen) atoms. The van der Waals surface area contributed by atoms with E-state index in [-0.39, 0.29) is 101 Å². The summed E-state index contributed by atoms with van der Waals surface area (Å²) in [6.45, 7) is 4.37. The summed E-state index contributed by atoms with van der Waals surface area (Å²) < 4.78 is 10.5. The Morgan fingerprint density at radius 1 is 0.323 bits per heavy atom. The van der Waals surface area contributed by atoms with Crippen molar-refractivity contribution in [3.05, 3.63) is 286 Å². The number of fused-ring (bicyclic) bond motifs is 19. The van der Waals surface area contributed by atoms with Crippen LogP contribution in [0.1, 0.15) is 11.1 Å². The van der Waals surface area contributed by atoms with E-state index in [4.69, 9.17) is 9.97 Å². The van der Waals surface area contributed by atoms with Crippen molar-refractivity contribution in [3.8, 4) is 0 Å². The summed E-state index contributed by atoms with van der Waals surface area (Å²) in [7, 11) is 0. The molecule has 5 radical (unpaired) electrons. The van der Waals surface area contributed by atoms with Gasteiger partial charge in [-0.25, -0.2) is 0 Å². The molecule has 471 valence electrons. The number of aromatic nitrogens is 11. The van der Waals surface area contributed by atoms with E-state index in [1.807, 2.05) is 90.1 Å². The molecular weight excluding hydrogens is 2080 g/mol. The molecule has 23 aromatic rings. The minimum absolute atomic E-state index is 0. The van der Waals surface area contributed by atoms with Gasteiger partial charge < -0.3 is 22.0 Å². The average Bonchev–Trinajstić information content (AvgIpc) is 1.57. The Morgan fingerprint density at radius 3 is 1.59 bits per heavy atom. The standard InChI is InChI=1S/C21H11N2.C17H9N2.C15H11N2.C14H8N3.C13H7N2.5Ir/c1-2-7-19-18(6-1)22-21-17-12-14-5-3-4-13-8-9-16(20(13)14)15(17)10-11-23(19)21;1-2-7-15-14(6-1)18-17-13-5-3-4-11-8-9-12(16(11)13)10-19(15)17;1-9-10(2)13-8-17-7-6-16-15(17)12-5-3-4-11(9)14(12)13;1-2-4-11-10(3-1)6-8-17-13-9-15-7-5-12(13)16-14(11)17;1-2-9-4-5-10-8-15-7-6-14-13(15)11(3-1)12(9)10;;;;;/h1-11H;1-4,6-10H;3-4,6-8H,1-2H3;1-3,5-9H;1-2,4-8H;;;;;/q5*-1;;;;;. The Labute approximate surface area is 614 Å². The first kappa shape index (κ1) is 64.3. The normalized spacial score (nSPS) is 11.4. The molecule has 0 saturated carbocycles. The predicted molar refractivity (Wildman–Crippen MR) is 370 cm³/mol. The van der Waals surface area contributed by atoms with E-state index in [1.165, 1.54) is 81.1 Å². The molecule has 0 N–H and O–H groups in total. The van der Waals surface area contributed by atoms with Gasteiger partial charge in [0, 0.05) is 132 Å². The molecule has 0 atom stereocenters. The third-order valence-electron chi connectivity index (χ3n) is 18.4. The van der Waals surface area contributed by atoms with Crippen molar-refractivity contribution in [1.82, 2.24) is 51.9 Å². The Morgan fingerprint density at radius 2 is 0.865 bits per heavy atom. The number of imidazole rings is 5. The third kappa shape index (κ3) is 10.0. The van der Waals surface area contributed by atoms with E-state index in [1.54, 1.807) is 6.20 Å². The second-order valence-electron chi connectivity index (χ2n) is 23.3. The van der Waals surface area contributed by atoms with Crippen LogP contribution in [0, 0.1) is 44.2 Å². The summed E-state index contributed by atoms with van der Waals surface area (Å²) in [6.07, 6.45) is 21.8. The number of hydrogen-bond donors (Lipinski definition) is 0. The van der Waals surface area contributed by atoms with Gasteiger partial charge in [0.1, 0.15) is 0 Å². The third-order valence-corrected chi connectivity index (χ3v) is 18.4. The molecule has 0 amide bonds. The zero-order valence-electron chi connectivity index (χ0n) is 50.7. The van der Waals surface area contributed by atoms with Crippen LogP contribution >= 0.6 is 0 Å². The van der Waals surface area contributed by atoms with E-state index < -0.39 is 0 Å². The fourth-order valence-corrected chi connectivity index (χ4v) is 14.1. The minimum atomic E-state index is 0. The molecule has 0 aliphatic rings. The van der Waals surface area contributed by atoms with Crippen LogP contribution in [-0.4, -0.2) is 51.9 Å². The first-order chi connectivity index (χ1) is 45.0. The molecule has 0 saturated heterocycles. The zero-order valence-corrected chi connectivity index (χ0v) is 62.7. The fraction of sp³-hybridized carbons (Fsp3) is 0.0250. The first-order valence-electron chi connectivity index (χ1n) is 30.2. The van der Waals surface area contributed by atoms with Gasteiger partial charge in [0.15, 0.2) is 0 Å². The van der Waals surface area contributed by atoms with Crippen LogP contribution in [0.2, 0.25) is 0 Å². The molecular formula is C80H46Ir5N11-5. The number of nitrogens with zero attached hydrogens (tertiary/aromatic N) is 11. The van der Waals surface area contributed by atoms with E-state index in [2.05, 4.69) is 234 Å². The predicted octanol–water partition coefficient (Wildman–Crippen LogP) is 18.4. The zero-order chi connectivity index (χ0) is 60.0. The number of hydrogen-bond acceptors (Lipinski definition) is 6. The summed E-state index contributed by atoms with van der Waals surface area (Å²) in [5.74, 6) is 0. The van der Waals surface area contributed by atoms with E-state index in [0.29, 0.717) is 0 Å². The summed E-state index contributed by atoms with van der Waals surface area (Å²) in [5, 5.41) is 24.4. The van der Waals surface area contributed by atoms with Crippen molar-refractivity contribution in [2.45, 2.75) is 13.8 Å². The molecule has 0 bridgehead atoms. The van der Waals surface area contributed by atoms with Crippen LogP contribution in [0.25, 0.3) is 169 Å². The maximum atomic E-state index is 4.85. The van der Waals surface area contributed by atoms with Crippen LogP contribution in [0.3, 0.4) is 0 Å². The molecule has 0 unspecified atom stereocenters. The van der Waals surface area contributed by atoms with Crippen molar-refractivity contribution in [2.24, 2.45) is 0 Å². The van der Waals surface area contributed by atoms with Gasteiger partial charge in [-0.2, -0.15) is 0 Å². The number of benzene rings is 8. The summed E-state index contributed by atoms with van der Waals surface area (Å²) >= 11 is 0. The molecule has 0 fully saturated rings. The van der Waals surface area contributed by atoms with Crippen molar-refractivity contribution >= 4 is 169 Å². The van der Waals surface area contributed by atoms with Crippen LogP contribution in [0.15, 0.2) is 244 Å². The number of rotatable bonds is 0. The van der Waals surface area contributed by atoms with E-state index in [0.717, 1.165) is 99.0 Å². The largest absolute Gasteiger partial charge is 0.347 e. The Bertz CT molecular complexity index is 6790. The number of aryl methyl sites for hydroxylation is 2. The maximum Gasteiger partial charge on any atom is 0.0817 e. The van der Waals surface area contributed by atoms with Gasteiger partial charge >= 0.3 is 0 Å². The van der Waals surface area contributed by atoms with Gasteiger partial charge in [0.25, 0.3) is 0 Å². The number of para-hydroxylation sites is 4. The summed E-state index contributed by atoms with van der Waals surface area (Å²) in [5.41, 5.74) is 13.9. The molecule has 23 rings (SSSR count). The van der Waals surface area contributed by atoms with E-state index >= 15 is 0 Å². The summed E-state index contributed by atoms with van der Waals surface area (Å²) in [4.78, 5) is 27.2. The topological polar surface area (TPSA) is 99.4 Å². The Hall–Kier alpha value is -9.09. The van der Waals surface area contributed by atoms with Crippen LogP contribution < -0.4 is 0 Å².